The van der Waals surface area contributed by atoms with E-state index in [2.05, 4.69) is 20.4 Å². The minimum Gasteiger partial charge on any atom is -0.454 e. The molecule has 1 fully saturated rings. The van der Waals surface area contributed by atoms with Crippen LogP contribution in [0.25, 0.3) is 5.65 Å². The third-order valence-electron chi connectivity index (χ3n) is 5.32. The number of carbonyl (C=O) groups excluding carboxylic acids is 1. The van der Waals surface area contributed by atoms with E-state index in [9.17, 15) is 4.79 Å². The summed E-state index contributed by atoms with van der Waals surface area (Å²) in [4.78, 5) is 15.0. The van der Waals surface area contributed by atoms with Gasteiger partial charge in [0.05, 0.1) is 5.92 Å². The molecule has 5 rings (SSSR count). The lowest BCUT2D eigenvalue weighted by molar-refractivity contribution is -0.120. The number of amides is 1. The van der Waals surface area contributed by atoms with Crippen molar-refractivity contribution in [3.63, 3.8) is 0 Å². The maximum Gasteiger partial charge on any atom is 0.231 e. The third-order valence-corrected chi connectivity index (χ3v) is 5.32. The Hall–Kier alpha value is -3.29. The number of rotatable bonds is 3. The van der Waals surface area contributed by atoms with Crippen LogP contribution in [0.5, 0.6) is 11.5 Å². The molecule has 2 aliphatic heterocycles. The fourth-order valence-corrected chi connectivity index (χ4v) is 3.88. The molecule has 0 unspecified atom stereocenters. The van der Waals surface area contributed by atoms with Gasteiger partial charge in [-0.3, -0.25) is 9.20 Å². The minimum absolute atomic E-state index is 0.00843. The summed E-state index contributed by atoms with van der Waals surface area (Å²) in [5.41, 5.74) is 2.61. The van der Waals surface area contributed by atoms with Crippen LogP contribution in [-0.2, 0) is 4.79 Å². The van der Waals surface area contributed by atoms with Crippen molar-refractivity contribution in [3.05, 3.63) is 42.1 Å². The highest BCUT2D eigenvalue weighted by molar-refractivity contribution is 5.93. The van der Waals surface area contributed by atoms with E-state index in [0.717, 1.165) is 42.4 Å². The lowest BCUT2D eigenvalue weighted by Crippen LogP contribution is -2.41. The molecule has 0 aliphatic carbocycles. The Labute approximate surface area is 162 Å². The van der Waals surface area contributed by atoms with Crippen LogP contribution in [0.2, 0.25) is 0 Å². The van der Waals surface area contributed by atoms with E-state index in [4.69, 9.17) is 9.47 Å². The Bertz CT molecular complexity index is 1050. The van der Waals surface area contributed by atoms with Crippen LogP contribution in [0.1, 0.15) is 18.5 Å². The summed E-state index contributed by atoms with van der Waals surface area (Å²) in [7, 11) is 0. The molecule has 1 atom stereocenters. The predicted molar refractivity (Wildman–Crippen MR) is 104 cm³/mol. The van der Waals surface area contributed by atoms with E-state index in [1.54, 1.807) is 6.07 Å². The first-order valence-electron chi connectivity index (χ1n) is 9.45. The Morgan fingerprint density at radius 3 is 3.00 bits per heavy atom. The van der Waals surface area contributed by atoms with Crippen molar-refractivity contribution >= 4 is 23.2 Å². The molecule has 8 nitrogen and oxygen atoms in total. The van der Waals surface area contributed by atoms with Crippen LogP contribution in [0.15, 0.2) is 36.4 Å². The number of nitrogens with one attached hydrogen (secondary N) is 1. The molecule has 2 aromatic heterocycles. The highest BCUT2D eigenvalue weighted by Gasteiger charge is 2.28. The number of anilines is 2. The molecular weight excluding hydrogens is 358 g/mol. The Morgan fingerprint density at radius 2 is 2.07 bits per heavy atom. The molecule has 0 saturated carbocycles. The zero-order valence-electron chi connectivity index (χ0n) is 15.6. The second-order valence-corrected chi connectivity index (χ2v) is 7.20. The summed E-state index contributed by atoms with van der Waals surface area (Å²) in [6.45, 7) is 3.73. The summed E-state index contributed by atoms with van der Waals surface area (Å²) in [5, 5.41) is 11.7. The molecule has 1 N–H and O–H groups in total. The molecule has 8 heteroatoms. The van der Waals surface area contributed by atoms with Gasteiger partial charge in [0.2, 0.25) is 18.6 Å². The monoisotopic (exact) mass is 379 g/mol. The third kappa shape index (κ3) is 2.90. The van der Waals surface area contributed by atoms with Gasteiger partial charge in [-0.15, -0.1) is 10.2 Å². The number of aromatic nitrogens is 3. The van der Waals surface area contributed by atoms with Crippen LogP contribution in [0.3, 0.4) is 0 Å². The Balaban J connectivity index is 1.33. The predicted octanol–water partition coefficient (Wildman–Crippen LogP) is 2.62. The topological polar surface area (TPSA) is 81.0 Å². The van der Waals surface area contributed by atoms with Crippen LogP contribution >= 0.6 is 0 Å². The quantitative estimate of drug-likeness (QED) is 0.753. The van der Waals surface area contributed by atoms with E-state index in [1.807, 2.05) is 41.7 Å². The first kappa shape index (κ1) is 16.9. The van der Waals surface area contributed by atoms with Gasteiger partial charge in [-0.25, -0.2) is 0 Å². The van der Waals surface area contributed by atoms with Crippen molar-refractivity contribution in [3.8, 4) is 11.5 Å². The fourth-order valence-electron chi connectivity index (χ4n) is 3.88. The highest BCUT2D eigenvalue weighted by Crippen LogP contribution is 2.34. The van der Waals surface area contributed by atoms with E-state index in [-0.39, 0.29) is 18.6 Å². The summed E-state index contributed by atoms with van der Waals surface area (Å²) in [6.07, 6.45) is 1.78. The molecule has 4 heterocycles. The maximum absolute atomic E-state index is 12.9. The van der Waals surface area contributed by atoms with E-state index in [0.29, 0.717) is 18.0 Å². The van der Waals surface area contributed by atoms with Gasteiger partial charge in [0.1, 0.15) is 0 Å². The summed E-state index contributed by atoms with van der Waals surface area (Å²) in [5.74, 6) is 2.06. The highest BCUT2D eigenvalue weighted by atomic mass is 16.7. The number of ether oxygens (including phenoxy) is 2. The number of hydrogen-bond donors (Lipinski definition) is 1. The molecule has 2 aliphatic rings. The van der Waals surface area contributed by atoms with Crippen LogP contribution in [0, 0.1) is 12.8 Å². The minimum atomic E-state index is -0.115. The zero-order chi connectivity index (χ0) is 19.1. The molecule has 1 saturated heterocycles. The van der Waals surface area contributed by atoms with E-state index >= 15 is 0 Å². The Morgan fingerprint density at radius 1 is 1.18 bits per heavy atom. The normalized spacial score (nSPS) is 18.5. The average molecular weight is 379 g/mol. The molecule has 0 radical (unpaired) electrons. The standard InChI is InChI=1S/C20H21N5O3/c1-13-4-2-6-18-22-23-20(25(13)18)24-9-3-5-14(11-24)19(26)21-15-7-8-16-17(10-15)28-12-27-16/h2,4,6-8,10,14H,3,5,9,11-12H2,1H3,(H,21,26)/t14-/m0/s1. The van der Waals surface area contributed by atoms with Gasteiger partial charge in [0, 0.05) is 30.5 Å². The van der Waals surface area contributed by atoms with Crippen LogP contribution in [-0.4, -0.2) is 40.4 Å². The Kier molecular flexibility index (Phi) is 4.03. The maximum atomic E-state index is 12.9. The second-order valence-electron chi connectivity index (χ2n) is 7.20. The number of nitrogens with zero attached hydrogens (tertiary/aromatic N) is 4. The van der Waals surface area contributed by atoms with Gasteiger partial charge in [-0.1, -0.05) is 6.07 Å². The van der Waals surface area contributed by atoms with Crippen LogP contribution < -0.4 is 19.7 Å². The number of carbonyl (C=O) groups is 1. The van der Waals surface area contributed by atoms with Crippen molar-refractivity contribution < 1.29 is 14.3 Å². The van der Waals surface area contributed by atoms with Gasteiger partial charge in [-0.05, 0) is 44.0 Å². The average Bonchev–Trinajstić information content (AvgIpc) is 3.35. The fraction of sp³-hybridized carbons (Fsp3) is 0.350. The van der Waals surface area contributed by atoms with Crippen molar-refractivity contribution in [2.75, 3.05) is 30.1 Å². The van der Waals surface area contributed by atoms with Crippen molar-refractivity contribution in [1.82, 2.24) is 14.6 Å². The number of aryl methyl sites for hydroxylation is 1. The van der Waals surface area contributed by atoms with Gasteiger partial charge in [0.15, 0.2) is 17.1 Å². The molecule has 28 heavy (non-hydrogen) atoms. The van der Waals surface area contributed by atoms with Crippen molar-refractivity contribution in [2.45, 2.75) is 19.8 Å². The van der Waals surface area contributed by atoms with E-state index in [1.165, 1.54) is 0 Å². The molecule has 144 valence electrons. The molecule has 3 aromatic rings. The summed E-state index contributed by atoms with van der Waals surface area (Å²) in [6, 6.07) is 11.4. The zero-order valence-corrected chi connectivity index (χ0v) is 15.6. The van der Waals surface area contributed by atoms with E-state index < -0.39 is 0 Å². The molecule has 0 spiro atoms. The summed E-state index contributed by atoms with van der Waals surface area (Å²) < 4.78 is 12.7. The van der Waals surface area contributed by atoms with Gasteiger partial charge < -0.3 is 19.7 Å². The number of piperidine rings is 1. The first-order valence-corrected chi connectivity index (χ1v) is 9.45. The van der Waals surface area contributed by atoms with Gasteiger partial charge in [0.25, 0.3) is 0 Å². The lowest BCUT2D eigenvalue weighted by Gasteiger charge is -2.32. The number of fused-ring (bicyclic) bond motifs is 2. The largest absolute Gasteiger partial charge is 0.454 e. The SMILES string of the molecule is Cc1cccc2nnc(N3CCC[C@H](C(=O)Nc4ccc5c(c4)OCO5)C3)n12. The molecule has 1 aromatic carbocycles. The van der Waals surface area contributed by atoms with Crippen molar-refractivity contribution in [2.24, 2.45) is 5.92 Å². The smallest absolute Gasteiger partial charge is 0.231 e. The summed E-state index contributed by atoms with van der Waals surface area (Å²) >= 11 is 0. The number of hydrogen-bond acceptors (Lipinski definition) is 6. The molecular formula is C20H21N5O3. The van der Waals surface area contributed by atoms with Crippen LogP contribution in [0.4, 0.5) is 11.6 Å². The van der Waals surface area contributed by atoms with Crippen molar-refractivity contribution in [1.29, 1.82) is 0 Å². The number of pyridine rings is 1. The first-order chi connectivity index (χ1) is 13.7. The molecule has 0 bridgehead atoms. The van der Waals surface area contributed by atoms with Gasteiger partial charge >= 0.3 is 0 Å². The number of benzene rings is 1. The molecule has 1 amide bonds. The lowest BCUT2D eigenvalue weighted by atomic mass is 9.97. The second kappa shape index (κ2) is 6.70. The van der Waals surface area contributed by atoms with Gasteiger partial charge in [-0.2, -0.15) is 0 Å².